The number of piperidine rings is 1. The molecule has 5 nitrogen and oxygen atoms in total. The highest BCUT2D eigenvalue weighted by Gasteiger charge is 2.37. The zero-order chi connectivity index (χ0) is 23.3. The number of hydrogen-bond acceptors (Lipinski definition) is 5. The number of halogens is 1. The van der Waals surface area contributed by atoms with Gasteiger partial charge in [0.05, 0.1) is 17.3 Å². The van der Waals surface area contributed by atoms with Crippen molar-refractivity contribution in [1.29, 1.82) is 0 Å². The normalized spacial score (nSPS) is 17.8. The summed E-state index contributed by atoms with van der Waals surface area (Å²) in [7, 11) is 0. The molecule has 0 spiro atoms. The molecule has 0 saturated carbocycles. The quantitative estimate of drug-likeness (QED) is 0.190. The van der Waals surface area contributed by atoms with Crippen LogP contribution in [0.4, 0.5) is 0 Å². The Labute approximate surface area is 208 Å². The molecule has 0 radical (unpaired) electrons. The second kappa shape index (κ2) is 10.8. The van der Waals surface area contributed by atoms with Crippen LogP contribution >= 0.6 is 22.6 Å². The standard InChI is InChI=1S/C27H28INO4/c28-19-24(29-17-15-27(32,16-18-29)22-9-5-2-6-10-22)25(30)20-11-13-23(14-12-20)33-26(31)21-7-3-1-4-8-21/h1-14,24-25,30,32H,15-19H2/t24-,25?/m0/s1. The maximum atomic E-state index is 12.2. The largest absolute Gasteiger partial charge is 0.423 e. The summed E-state index contributed by atoms with van der Waals surface area (Å²) in [5.41, 5.74) is 1.41. The predicted molar refractivity (Wildman–Crippen MR) is 137 cm³/mol. The Bertz CT molecular complexity index is 1030. The van der Waals surface area contributed by atoms with Crippen LogP contribution in [0, 0.1) is 0 Å². The summed E-state index contributed by atoms with van der Waals surface area (Å²) in [4.78, 5) is 14.5. The molecule has 6 heteroatoms. The van der Waals surface area contributed by atoms with E-state index in [2.05, 4.69) is 27.5 Å². The molecule has 33 heavy (non-hydrogen) atoms. The summed E-state index contributed by atoms with van der Waals surface area (Å²) >= 11 is 2.31. The molecule has 3 aromatic carbocycles. The van der Waals surface area contributed by atoms with Crippen LogP contribution in [0.15, 0.2) is 84.9 Å². The summed E-state index contributed by atoms with van der Waals surface area (Å²) in [5.74, 6) is 0.0324. The molecule has 4 rings (SSSR count). The molecule has 1 fully saturated rings. The topological polar surface area (TPSA) is 70.0 Å². The summed E-state index contributed by atoms with van der Waals surface area (Å²) in [6.45, 7) is 1.42. The zero-order valence-corrected chi connectivity index (χ0v) is 20.5. The highest BCUT2D eigenvalue weighted by Crippen LogP contribution is 2.35. The number of hydrogen-bond donors (Lipinski definition) is 2. The zero-order valence-electron chi connectivity index (χ0n) is 18.3. The van der Waals surface area contributed by atoms with Crippen molar-refractivity contribution in [3.63, 3.8) is 0 Å². The summed E-state index contributed by atoms with van der Waals surface area (Å²) < 4.78 is 6.20. The molecule has 1 aliphatic rings. The Morgan fingerprint density at radius 3 is 2.09 bits per heavy atom. The first-order chi connectivity index (χ1) is 16.0. The van der Waals surface area contributed by atoms with Crippen molar-refractivity contribution in [2.45, 2.75) is 30.6 Å². The molecule has 1 heterocycles. The fourth-order valence-corrected chi connectivity index (χ4v) is 5.38. The highest BCUT2D eigenvalue weighted by molar-refractivity contribution is 14.1. The Morgan fingerprint density at radius 2 is 1.52 bits per heavy atom. The minimum absolute atomic E-state index is 0.0661. The van der Waals surface area contributed by atoms with Gasteiger partial charge in [-0.05, 0) is 48.2 Å². The molecule has 172 valence electrons. The van der Waals surface area contributed by atoms with E-state index in [0.29, 0.717) is 37.2 Å². The van der Waals surface area contributed by atoms with Crippen molar-refractivity contribution >= 4 is 28.6 Å². The lowest BCUT2D eigenvalue weighted by Crippen LogP contribution is -2.49. The lowest BCUT2D eigenvalue weighted by atomic mass is 9.83. The van der Waals surface area contributed by atoms with Crippen molar-refractivity contribution in [3.05, 3.63) is 102 Å². The molecule has 0 aliphatic carbocycles. The minimum atomic E-state index is -0.817. The van der Waals surface area contributed by atoms with Gasteiger partial charge in [-0.1, -0.05) is 83.3 Å². The van der Waals surface area contributed by atoms with E-state index in [9.17, 15) is 15.0 Å². The Balaban J connectivity index is 1.38. The van der Waals surface area contributed by atoms with Crippen molar-refractivity contribution in [2.24, 2.45) is 0 Å². The van der Waals surface area contributed by atoms with Crippen LogP contribution in [0.3, 0.4) is 0 Å². The van der Waals surface area contributed by atoms with Gasteiger partial charge in [-0.3, -0.25) is 4.90 Å². The molecule has 0 bridgehead atoms. The number of carbonyl (C=O) groups excluding carboxylic acids is 1. The number of rotatable bonds is 7. The highest BCUT2D eigenvalue weighted by atomic mass is 127. The van der Waals surface area contributed by atoms with E-state index in [1.54, 1.807) is 36.4 Å². The number of esters is 1. The van der Waals surface area contributed by atoms with E-state index in [-0.39, 0.29) is 6.04 Å². The van der Waals surface area contributed by atoms with E-state index in [1.807, 2.05) is 48.5 Å². The van der Waals surface area contributed by atoms with Crippen molar-refractivity contribution < 1.29 is 19.7 Å². The third kappa shape index (κ3) is 5.63. The van der Waals surface area contributed by atoms with Crippen LogP contribution in [0.5, 0.6) is 5.75 Å². The smallest absolute Gasteiger partial charge is 0.343 e. The first-order valence-corrected chi connectivity index (χ1v) is 12.7. The molecule has 3 aromatic rings. The van der Waals surface area contributed by atoms with Gasteiger partial charge in [0.15, 0.2) is 0 Å². The molecular weight excluding hydrogens is 529 g/mol. The Kier molecular flexibility index (Phi) is 7.80. The van der Waals surface area contributed by atoms with Gasteiger partial charge >= 0.3 is 5.97 Å². The fraction of sp³-hybridized carbons (Fsp3) is 0.296. The van der Waals surface area contributed by atoms with E-state index in [4.69, 9.17) is 4.74 Å². The maximum absolute atomic E-state index is 12.2. The average Bonchev–Trinajstić information content (AvgIpc) is 2.87. The summed E-state index contributed by atoms with van der Waals surface area (Å²) in [6.07, 6.45) is 0.583. The van der Waals surface area contributed by atoms with Crippen LogP contribution < -0.4 is 4.74 Å². The van der Waals surface area contributed by atoms with Gasteiger partial charge in [-0.15, -0.1) is 0 Å². The van der Waals surface area contributed by atoms with Crippen LogP contribution in [0.1, 0.15) is 40.4 Å². The third-order valence-corrected chi connectivity index (χ3v) is 7.27. The minimum Gasteiger partial charge on any atom is -0.423 e. The fourth-order valence-electron chi connectivity index (χ4n) is 4.34. The molecule has 0 aromatic heterocycles. The van der Waals surface area contributed by atoms with E-state index >= 15 is 0 Å². The van der Waals surface area contributed by atoms with Crippen LogP contribution in [0.25, 0.3) is 0 Å². The first-order valence-electron chi connectivity index (χ1n) is 11.1. The number of aliphatic hydroxyl groups excluding tert-OH is 1. The van der Waals surface area contributed by atoms with Gasteiger partial charge in [0.25, 0.3) is 0 Å². The van der Waals surface area contributed by atoms with E-state index in [1.165, 1.54) is 0 Å². The number of alkyl halides is 1. The van der Waals surface area contributed by atoms with Crippen LogP contribution in [0.2, 0.25) is 0 Å². The molecule has 0 amide bonds. The number of nitrogens with zero attached hydrogens (tertiary/aromatic N) is 1. The molecule has 2 atom stereocenters. The van der Waals surface area contributed by atoms with Gasteiger partial charge in [0.2, 0.25) is 0 Å². The van der Waals surface area contributed by atoms with Gasteiger partial charge in [-0.25, -0.2) is 4.79 Å². The summed E-state index contributed by atoms with van der Waals surface area (Å²) in [6, 6.07) is 25.7. The Hall–Kier alpha value is -2.26. The average molecular weight is 557 g/mol. The Morgan fingerprint density at radius 1 is 0.939 bits per heavy atom. The second-order valence-corrected chi connectivity index (χ2v) is 9.31. The second-order valence-electron chi connectivity index (χ2n) is 8.42. The number of carbonyl (C=O) groups is 1. The lowest BCUT2D eigenvalue weighted by molar-refractivity contribution is -0.0488. The molecule has 1 aliphatic heterocycles. The molecule has 2 N–H and O–H groups in total. The van der Waals surface area contributed by atoms with Gasteiger partial charge in [-0.2, -0.15) is 0 Å². The number of ether oxygens (including phenoxy) is 1. The predicted octanol–water partition coefficient (Wildman–Crippen LogP) is 4.73. The molecular formula is C27H28INO4. The van der Waals surface area contributed by atoms with E-state index < -0.39 is 17.7 Å². The van der Waals surface area contributed by atoms with Crippen molar-refractivity contribution in [3.8, 4) is 5.75 Å². The summed E-state index contributed by atoms with van der Waals surface area (Å²) in [5, 5.41) is 22.2. The van der Waals surface area contributed by atoms with Crippen LogP contribution in [-0.2, 0) is 5.60 Å². The lowest BCUT2D eigenvalue weighted by Gasteiger charge is -2.43. The third-order valence-electron chi connectivity index (χ3n) is 6.37. The number of benzene rings is 3. The van der Waals surface area contributed by atoms with Crippen molar-refractivity contribution in [2.75, 3.05) is 17.5 Å². The number of aliphatic hydroxyl groups is 2. The first kappa shape index (κ1) is 23.9. The van der Waals surface area contributed by atoms with E-state index in [0.717, 1.165) is 15.6 Å². The maximum Gasteiger partial charge on any atom is 0.343 e. The monoisotopic (exact) mass is 557 g/mol. The molecule has 1 unspecified atom stereocenters. The van der Waals surface area contributed by atoms with Crippen molar-refractivity contribution in [1.82, 2.24) is 4.90 Å². The van der Waals surface area contributed by atoms with Gasteiger partial charge < -0.3 is 14.9 Å². The SMILES string of the molecule is O=C(Oc1ccc(C(O)[C@H](CI)N2CCC(O)(c3ccccc3)CC2)cc1)c1ccccc1. The molecule has 1 saturated heterocycles. The van der Waals surface area contributed by atoms with Gasteiger partial charge in [0, 0.05) is 23.6 Å². The van der Waals surface area contributed by atoms with Gasteiger partial charge in [0.1, 0.15) is 5.75 Å². The number of likely N-dealkylation sites (tertiary alicyclic amines) is 1. The van der Waals surface area contributed by atoms with Crippen LogP contribution in [-0.4, -0.2) is 44.6 Å².